The molecule has 3 rings (SSSR count). The van der Waals surface area contributed by atoms with Crippen LogP contribution in [0.3, 0.4) is 0 Å². The van der Waals surface area contributed by atoms with Crippen LogP contribution in [0.2, 0.25) is 0 Å². The van der Waals surface area contributed by atoms with Gasteiger partial charge in [0, 0.05) is 16.1 Å². The van der Waals surface area contributed by atoms with E-state index in [1.54, 1.807) is 18.3 Å². The number of amides is 1. The smallest absolute Gasteiger partial charge is 0.352 e. The maximum absolute atomic E-state index is 11.6. The number of aromatic nitrogens is 2. The fourth-order valence-corrected chi connectivity index (χ4v) is 2.92. The van der Waals surface area contributed by atoms with Gasteiger partial charge in [0.15, 0.2) is 0 Å². The zero-order valence-electron chi connectivity index (χ0n) is 12.1. The Labute approximate surface area is 139 Å². The molecule has 0 bridgehead atoms. The summed E-state index contributed by atoms with van der Waals surface area (Å²) < 4.78 is 0.652. The van der Waals surface area contributed by atoms with Gasteiger partial charge in [-0.25, -0.2) is 9.78 Å². The number of rotatable bonds is 3. The fourth-order valence-electron chi connectivity index (χ4n) is 2.50. The first-order valence-electron chi connectivity index (χ1n) is 6.70. The molecular formula is C16H12BrN3O3. The van der Waals surface area contributed by atoms with Crippen LogP contribution in [-0.2, 0) is 0 Å². The summed E-state index contributed by atoms with van der Waals surface area (Å²) >= 11 is 3.36. The molecule has 0 saturated heterocycles. The molecule has 0 unspecified atom stereocenters. The molecular weight excluding hydrogens is 362 g/mol. The Bertz CT molecular complexity index is 963. The lowest BCUT2D eigenvalue weighted by atomic mass is 9.98. The number of nitrogens with two attached hydrogens (primary N) is 1. The van der Waals surface area contributed by atoms with Crippen LogP contribution in [-0.4, -0.2) is 27.0 Å². The number of pyridine rings is 1. The predicted molar refractivity (Wildman–Crippen MR) is 89.4 cm³/mol. The van der Waals surface area contributed by atoms with Crippen molar-refractivity contribution in [3.63, 3.8) is 0 Å². The van der Waals surface area contributed by atoms with Crippen molar-refractivity contribution in [1.82, 2.24) is 9.97 Å². The number of carbonyl (C=O) groups excluding carboxylic acids is 1. The molecule has 0 spiro atoms. The monoisotopic (exact) mass is 373 g/mol. The molecule has 0 atom stereocenters. The summed E-state index contributed by atoms with van der Waals surface area (Å²) in [5.74, 6) is -1.59. The zero-order chi connectivity index (χ0) is 16.7. The molecule has 0 saturated carbocycles. The second kappa shape index (κ2) is 5.51. The Balaban J connectivity index is 2.28. The van der Waals surface area contributed by atoms with Crippen molar-refractivity contribution in [3.8, 4) is 11.1 Å². The average molecular weight is 374 g/mol. The number of aryl methyl sites for hydroxylation is 1. The van der Waals surface area contributed by atoms with Crippen molar-refractivity contribution in [3.05, 3.63) is 51.8 Å². The Morgan fingerprint density at radius 1 is 1.30 bits per heavy atom. The lowest BCUT2D eigenvalue weighted by Gasteiger charge is -2.10. The Morgan fingerprint density at radius 3 is 2.70 bits per heavy atom. The number of halogens is 1. The lowest BCUT2D eigenvalue weighted by Crippen LogP contribution is -2.12. The molecule has 7 heteroatoms. The van der Waals surface area contributed by atoms with Crippen molar-refractivity contribution in [2.24, 2.45) is 5.73 Å². The molecule has 0 aliphatic heterocycles. The number of carbonyl (C=O) groups is 2. The third kappa shape index (κ3) is 2.59. The maximum Gasteiger partial charge on any atom is 0.352 e. The Hall–Kier alpha value is -2.67. The minimum Gasteiger partial charge on any atom is -0.477 e. The van der Waals surface area contributed by atoms with Gasteiger partial charge in [-0.1, -0.05) is 6.07 Å². The van der Waals surface area contributed by atoms with E-state index in [-0.39, 0.29) is 5.69 Å². The number of hydrogen-bond donors (Lipinski definition) is 3. The number of benzene rings is 1. The van der Waals surface area contributed by atoms with E-state index in [9.17, 15) is 9.59 Å². The molecule has 1 aromatic carbocycles. The number of hydrogen-bond acceptors (Lipinski definition) is 3. The van der Waals surface area contributed by atoms with Crippen LogP contribution in [0.1, 0.15) is 26.4 Å². The van der Waals surface area contributed by atoms with Crippen molar-refractivity contribution < 1.29 is 14.7 Å². The highest BCUT2D eigenvalue weighted by Gasteiger charge is 2.15. The summed E-state index contributed by atoms with van der Waals surface area (Å²) in [6.07, 6.45) is 1.58. The van der Waals surface area contributed by atoms with E-state index in [0.717, 1.165) is 16.7 Å². The Morgan fingerprint density at radius 2 is 2.04 bits per heavy atom. The van der Waals surface area contributed by atoms with E-state index in [1.165, 1.54) is 6.07 Å². The van der Waals surface area contributed by atoms with Crippen LogP contribution in [0, 0.1) is 6.92 Å². The number of nitrogens with zero attached hydrogens (tertiary/aromatic N) is 1. The normalized spacial score (nSPS) is 10.9. The SMILES string of the molecule is Cc1cc(-c2ccnc3[nH]c(C(=O)O)cc23)cc(C(N)=O)c1Br. The third-order valence-corrected chi connectivity index (χ3v) is 4.65. The van der Waals surface area contributed by atoms with E-state index in [2.05, 4.69) is 25.9 Å². The molecule has 0 fully saturated rings. The zero-order valence-corrected chi connectivity index (χ0v) is 13.6. The molecule has 0 radical (unpaired) electrons. The van der Waals surface area contributed by atoms with Crippen LogP contribution in [0.5, 0.6) is 0 Å². The molecule has 6 nitrogen and oxygen atoms in total. The van der Waals surface area contributed by atoms with Crippen LogP contribution in [0.25, 0.3) is 22.2 Å². The fraction of sp³-hybridized carbons (Fsp3) is 0.0625. The third-order valence-electron chi connectivity index (χ3n) is 3.59. The van der Waals surface area contributed by atoms with Crippen molar-refractivity contribution in [1.29, 1.82) is 0 Å². The maximum atomic E-state index is 11.6. The molecule has 1 amide bonds. The van der Waals surface area contributed by atoms with E-state index < -0.39 is 11.9 Å². The molecule has 116 valence electrons. The average Bonchev–Trinajstić information content (AvgIpc) is 2.93. The quantitative estimate of drug-likeness (QED) is 0.654. The van der Waals surface area contributed by atoms with Crippen molar-refractivity contribution in [2.45, 2.75) is 6.92 Å². The Kier molecular flexibility index (Phi) is 3.65. The first-order valence-corrected chi connectivity index (χ1v) is 7.49. The highest BCUT2D eigenvalue weighted by Crippen LogP contribution is 2.32. The molecule has 0 aliphatic rings. The van der Waals surface area contributed by atoms with Gasteiger partial charge in [-0.3, -0.25) is 4.79 Å². The van der Waals surface area contributed by atoms with Crippen LogP contribution in [0.15, 0.2) is 34.9 Å². The number of aromatic carboxylic acids is 1. The van der Waals surface area contributed by atoms with Gasteiger partial charge in [0.2, 0.25) is 5.91 Å². The second-order valence-electron chi connectivity index (χ2n) is 5.13. The second-order valence-corrected chi connectivity index (χ2v) is 5.92. The molecule has 3 aromatic rings. The first kappa shape index (κ1) is 15.2. The summed E-state index contributed by atoms with van der Waals surface area (Å²) in [5.41, 5.74) is 8.73. The summed E-state index contributed by atoms with van der Waals surface area (Å²) in [6.45, 7) is 1.86. The van der Waals surface area contributed by atoms with E-state index in [0.29, 0.717) is 21.1 Å². The van der Waals surface area contributed by atoms with Gasteiger partial charge in [0.25, 0.3) is 0 Å². The summed E-state index contributed by atoms with van der Waals surface area (Å²) in [4.78, 5) is 29.6. The molecule has 0 aliphatic carbocycles. The number of carboxylic acid groups (broad SMARTS) is 1. The minimum atomic E-state index is -1.06. The lowest BCUT2D eigenvalue weighted by molar-refractivity contribution is 0.0691. The molecule has 4 N–H and O–H groups in total. The number of fused-ring (bicyclic) bond motifs is 1. The van der Waals surface area contributed by atoms with Crippen LogP contribution < -0.4 is 5.73 Å². The van der Waals surface area contributed by atoms with Crippen LogP contribution in [0.4, 0.5) is 0 Å². The van der Waals surface area contributed by atoms with E-state index in [1.807, 2.05) is 13.0 Å². The van der Waals surface area contributed by atoms with Gasteiger partial charge >= 0.3 is 5.97 Å². The summed E-state index contributed by atoms with van der Waals surface area (Å²) in [5, 5.41) is 9.79. The van der Waals surface area contributed by atoms with Gasteiger partial charge in [-0.15, -0.1) is 0 Å². The van der Waals surface area contributed by atoms with Crippen LogP contribution >= 0.6 is 15.9 Å². The van der Waals surface area contributed by atoms with E-state index in [4.69, 9.17) is 10.8 Å². The minimum absolute atomic E-state index is 0.0592. The van der Waals surface area contributed by atoms with Gasteiger partial charge in [0.1, 0.15) is 11.3 Å². The number of aromatic amines is 1. The number of primary amides is 1. The predicted octanol–water partition coefficient (Wildman–Crippen LogP) is 3.10. The van der Waals surface area contributed by atoms with E-state index >= 15 is 0 Å². The first-order chi connectivity index (χ1) is 10.9. The summed E-state index contributed by atoms with van der Waals surface area (Å²) in [7, 11) is 0. The molecule has 23 heavy (non-hydrogen) atoms. The van der Waals surface area contributed by atoms with Crippen molar-refractivity contribution >= 4 is 38.8 Å². The van der Waals surface area contributed by atoms with Gasteiger partial charge < -0.3 is 15.8 Å². The molecule has 2 heterocycles. The topological polar surface area (TPSA) is 109 Å². The number of H-pyrrole nitrogens is 1. The van der Waals surface area contributed by atoms with Gasteiger partial charge in [-0.05, 0) is 57.7 Å². The highest BCUT2D eigenvalue weighted by atomic mass is 79.9. The standard InChI is InChI=1S/C16H12BrN3O3/c1-7-4-8(5-11(13(7)17)14(18)21)9-2-3-19-15-10(9)6-12(20-15)16(22)23/h2-6H,1H3,(H2,18,21)(H,19,20)(H,22,23). The number of nitrogens with one attached hydrogen (secondary N) is 1. The largest absolute Gasteiger partial charge is 0.477 e. The van der Waals surface area contributed by atoms with Crippen molar-refractivity contribution in [2.75, 3.05) is 0 Å². The van der Waals surface area contributed by atoms with Gasteiger partial charge in [-0.2, -0.15) is 0 Å². The summed E-state index contributed by atoms with van der Waals surface area (Å²) in [6, 6.07) is 6.89. The molecule has 2 aromatic heterocycles. The number of carboxylic acids is 1. The van der Waals surface area contributed by atoms with Gasteiger partial charge in [0.05, 0.1) is 5.56 Å². The highest BCUT2D eigenvalue weighted by molar-refractivity contribution is 9.10.